The number of aromatic nitrogens is 1. The Kier molecular flexibility index (Phi) is 6.21. The number of pyridine rings is 1. The first-order valence-corrected chi connectivity index (χ1v) is 9.12. The zero-order valence-electron chi connectivity index (χ0n) is 15.7. The summed E-state index contributed by atoms with van der Waals surface area (Å²) in [5.41, 5.74) is 3.78. The van der Waals surface area contributed by atoms with Crippen molar-refractivity contribution < 1.29 is 9.53 Å². The van der Waals surface area contributed by atoms with Gasteiger partial charge in [-0.2, -0.15) is 0 Å². The number of nitrogens with zero attached hydrogens (tertiary/aromatic N) is 1. The molecule has 3 aromatic rings. The standard InChI is InChI=1S/C23H24N2O2/c1-17(2)16-27-22-9-5-20(6-10-22)23(26)25-21-7-3-18(4-8-21)15-19-11-13-24-14-12-19/h3-14,17H,15-16H2,1-2H3,(H,25,26). The molecule has 0 saturated carbocycles. The summed E-state index contributed by atoms with van der Waals surface area (Å²) in [5.74, 6) is 1.11. The highest BCUT2D eigenvalue weighted by Gasteiger charge is 2.07. The SMILES string of the molecule is CC(C)COc1ccc(C(=O)Nc2ccc(Cc3ccncc3)cc2)cc1. The van der Waals surface area contributed by atoms with E-state index < -0.39 is 0 Å². The van der Waals surface area contributed by atoms with Gasteiger partial charge < -0.3 is 10.1 Å². The third-order valence-corrected chi connectivity index (χ3v) is 4.07. The highest BCUT2D eigenvalue weighted by molar-refractivity contribution is 6.04. The largest absolute Gasteiger partial charge is 0.493 e. The molecule has 0 aliphatic rings. The molecule has 0 radical (unpaired) electrons. The fourth-order valence-electron chi connectivity index (χ4n) is 2.61. The lowest BCUT2D eigenvalue weighted by atomic mass is 10.1. The van der Waals surface area contributed by atoms with Crippen molar-refractivity contribution in [2.45, 2.75) is 20.3 Å². The van der Waals surface area contributed by atoms with Crippen LogP contribution in [0, 0.1) is 5.92 Å². The zero-order valence-corrected chi connectivity index (χ0v) is 15.7. The van der Waals surface area contributed by atoms with Gasteiger partial charge in [-0.3, -0.25) is 9.78 Å². The van der Waals surface area contributed by atoms with Gasteiger partial charge in [0.2, 0.25) is 0 Å². The van der Waals surface area contributed by atoms with E-state index in [2.05, 4.69) is 24.1 Å². The molecule has 0 bridgehead atoms. The minimum Gasteiger partial charge on any atom is -0.493 e. The smallest absolute Gasteiger partial charge is 0.255 e. The van der Waals surface area contributed by atoms with Crippen molar-refractivity contribution >= 4 is 11.6 Å². The monoisotopic (exact) mass is 360 g/mol. The quantitative estimate of drug-likeness (QED) is 0.648. The third kappa shape index (κ3) is 5.68. The van der Waals surface area contributed by atoms with Crippen LogP contribution in [0.5, 0.6) is 5.75 Å². The van der Waals surface area contributed by atoms with E-state index >= 15 is 0 Å². The minimum atomic E-state index is -0.132. The third-order valence-electron chi connectivity index (χ3n) is 4.07. The van der Waals surface area contributed by atoms with Gasteiger partial charge in [0, 0.05) is 23.6 Å². The lowest BCUT2D eigenvalue weighted by Crippen LogP contribution is -2.12. The molecule has 2 aromatic carbocycles. The van der Waals surface area contributed by atoms with E-state index in [1.54, 1.807) is 24.5 Å². The molecule has 0 aliphatic carbocycles. The summed E-state index contributed by atoms with van der Waals surface area (Å²) in [4.78, 5) is 16.4. The van der Waals surface area contributed by atoms with Crippen molar-refractivity contribution in [3.05, 3.63) is 89.7 Å². The molecule has 0 unspecified atom stereocenters. The summed E-state index contributed by atoms with van der Waals surface area (Å²) in [6, 6.07) is 19.1. The van der Waals surface area contributed by atoms with Gasteiger partial charge in [0.15, 0.2) is 0 Å². The van der Waals surface area contributed by atoms with Crippen molar-refractivity contribution in [2.24, 2.45) is 5.92 Å². The van der Waals surface area contributed by atoms with E-state index in [0.29, 0.717) is 18.1 Å². The maximum Gasteiger partial charge on any atom is 0.255 e. The van der Waals surface area contributed by atoms with Gasteiger partial charge >= 0.3 is 0 Å². The molecule has 138 valence electrons. The van der Waals surface area contributed by atoms with Crippen LogP contribution in [0.1, 0.15) is 35.3 Å². The molecule has 1 amide bonds. The lowest BCUT2D eigenvalue weighted by molar-refractivity contribution is 0.102. The Morgan fingerprint density at radius 2 is 1.56 bits per heavy atom. The maximum absolute atomic E-state index is 12.4. The second-order valence-corrected chi connectivity index (χ2v) is 6.91. The van der Waals surface area contributed by atoms with Crippen LogP contribution < -0.4 is 10.1 Å². The molecule has 27 heavy (non-hydrogen) atoms. The molecule has 1 N–H and O–H groups in total. The summed E-state index contributed by atoms with van der Waals surface area (Å²) in [7, 11) is 0. The van der Waals surface area contributed by atoms with Gasteiger partial charge in [-0.25, -0.2) is 0 Å². The first-order chi connectivity index (χ1) is 13.1. The zero-order chi connectivity index (χ0) is 19.1. The summed E-state index contributed by atoms with van der Waals surface area (Å²) < 4.78 is 5.65. The summed E-state index contributed by atoms with van der Waals surface area (Å²) >= 11 is 0. The second-order valence-electron chi connectivity index (χ2n) is 6.91. The number of rotatable bonds is 7. The molecule has 0 fully saturated rings. The number of hydrogen-bond acceptors (Lipinski definition) is 3. The van der Waals surface area contributed by atoms with E-state index in [0.717, 1.165) is 17.9 Å². The van der Waals surface area contributed by atoms with Gasteiger partial charge in [0.05, 0.1) is 6.61 Å². The van der Waals surface area contributed by atoms with Crippen LogP contribution in [-0.2, 0) is 6.42 Å². The number of benzene rings is 2. The fourth-order valence-corrected chi connectivity index (χ4v) is 2.61. The molecule has 0 saturated heterocycles. The van der Waals surface area contributed by atoms with Crippen LogP contribution in [0.25, 0.3) is 0 Å². The Morgan fingerprint density at radius 3 is 2.19 bits per heavy atom. The number of nitrogens with one attached hydrogen (secondary N) is 1. The molecule has 0 spiro atoms. The first kappa shape index (κ1) is 18.6. The van der Waals surface area contributed by atoms with E-state index in [-0.39, 0.29) is 5.91 Å². The molecule has 4 heteroatoms. The highest BCUT2D eigenvalue weighted by atomic mass is 16.5. The Bertz CT molecular complexity index is 857. The van der Waals surface area contributed by atoms with Gasteiger partial charge in [0.1, 0.15) is 5.75 Å². The Balaban J connectivity index is 1.57. The second kappa shape index (κ2) is 8.99. The lowest BCUT2D eigenvalue weighted by Gasteiger charge is -2.10. The van der Waals surface area contributed by atoms with Crippen molar-refractivity contribution in [3.63, 3.8) is 0 Å². The molecule has 0 aliphatic heterocycles. The molecule has 3 rings (SSSR count). The number of hydrogen-bond donors (Lipinski definition) is 1. The molecule has 4 nitrogen and oxygen atoms in total. The summed E-state index contributed by atoms with van der Waals surface area (Å²) in [6.45, 7) is 4.87. The van der Waals surface area contributed by atoms with Gasteiger partial charge in [-0.05, 0) is 72.0 Å². The van der Waals surface area contributed by atoms with E-state index in [1.807, 2.05) is 48.5 Å². The van der Waals surface area contributed by atoms with Crippen LogP contribution >= 0.6 is 0 Å². The fraction of sp³-hybridized carbons (Fsp3) is 0.217. The molecule has 1 aromatic heterocycles. The molecular weight excluding hydrogens is 336 g/mol. The van der Waals surface area contributed by atoms with Crippen molar-refractivity contribution in [1.82, 2.24) is 4.98 Å². The van der Waals surface area contributed by atoms with Crippen LogP contribution in [0.3, 0.4) is 0 Å². The number of carbonyl (C=O) groups excluding carboxylic acids is 1. The Labute approximate surface area is 160 Å². The molecular formula is C23H24N2O2. The van der Waals surface area contributed by atoms with Crippen molar-refractivity contribution in [2.75, 3.05) is 11.9 Å². The maximum atomic E-state index is 12.4. The van der Waals surface area contributed by atoms with E-state index in [9.17, 15) is 4.79 Å². The average Bonchev–Trinajstić information content (AvgIpc) is 2.69. The predicted molar refractivity (Wildman–Crippen MR) is 108 cm³/mol. The number of ether oxygens (including phenoxy) is 1. The van der Waals surface area contributed by atoms with E-state index in [4.69, 9.17) is 4.74 Å². The Hall–Kier alpha value is -3.14. The normalized spacial score (nSPS) is 10.6. The Morgan fingerprint density at radius 1 is 0.926 bits per heavy atom. The van der Waals surface area contributed by atoms with Crippen LogP contribution in [0.4, 0.5) is 5.69 Å². The topological polar surface area (TPSA) is 51.2 Å². The van der Waals surface area contributed by atoms with Crippen molar-refractivity contribution in [1.29, 1.82) is 0 Å². The number of amides is 1. The van der Waals surface area contributed by atoms with Gasteiger partial charge in [-0.1, -0.05) is 26.0 Å². The number of anilines is 1. The minimum absolute atomic E-state index is 0.132. The average molecular weight is 360 g/mol. The van der Waals surface area contributed by atoms with E-state index in [1.165, 1.54) is 11.1 Å². The van der Waals surface area contributed by atoms with Gasteiger partial charge in [0.25, 0.3) is 5.91 Å². The van der Waals surface area contributed by atoms with Crippen molar-refractivity contribution in [3.8, 4) is 5.75 Å². The summed E-state index contributed by atoms with van der Waals surface area (Å²) in [6.07, 6.45) is 4.43. The first-order valence-electron chi connectivity index (χ1n) is 9.12. The van der Waals surface area contributed by atoms with Gasteiger partial charge in [-0.15, -0.1) is 0 Å². The van der Waals surface area contributed by atoms with Crippen LogP contribution in [0.15, 0.2) is 73.1 Å². The highest BCUT2D eigenvalue weighted by Crippen LogP contribution is 2.17. The van der Waals surface area contributed by atoms with Crippen LogP contribution in [0.2, 0.25) is 0 Å². The predicted octanol–water partition coefficient (Wildman–Crippen LogP) is 4.96. The molecule has 1 heterocycles. The van der Waals surface area contributed by atoms with Crippen LogP contribution in [-0.4, -0.2) is 17.5 Å². The number of carbonyl (C=O) groups is 1. The molecule has 0 atom stereocenters. The summed E-state index contributed by atoms with van der Waals surface area (Å²) in [5, 5.41) is 2.93.